The van der Waals surface area contributed by atoms with Crippen molar-refractivity contribution in [3.63, 3.8) is 0 Å². The van der Waals surface area contributed by atoms with E-state index in [0.29, 0.717) is 24.7 Å². The Morgan fingerprint density at radius 2 is 2.04 bits per heavy atom. The van der Waals surface area contributed by atoms with Gasteiger partial charge in [0.1, 0.15) is 10.8 Å². The molecule has 0 aliphatic carbocycles. The van der Waals surface area contributed by atoms with Crippen LogP contribution in [0.5, 0.6) is 0 Å². The third kappa shape index (κ3) is 6.71. The van der Waals surface area contributed by atoms with Crippen LogP contribution in [0.3, 0.4) is 0 Å². The van der Waals surface area contributed by atoms with Gasteiger partial charge in [-0.3, -0.25) is 0 Å². The fraction of sp³-hybridized carbons (Fsp3) is 0.444. The smallest absolute Gasteiger partial charge is 0.191 e. The van der Waals surface area contributed by atoms with Gasteiger partial charge >= 0.3 is 0 Å². The maximum Gasteiger partial charge on any atom is 0.191 e. The Morgan fingerprint density at radius 1 is 1.27 bits per heavy atom. The second-order valence-electron chi connectivity index (χ2n) is 5.80. The van der Waals surface area contributed by atoms with Gasteiger partial charge < -0.3 is 15.5 Å². The highest BCUT2D eigenvalue weighted by Gasteiger charge is 2.06. The Balaban J connectivity index is 0.00000338. The van der Waals surface area contributed by atoms with Crippen molar-refractivity contribution in [3.05, 3.63) is 45.7 Å². The molecule has 0 saturated heterocycles. The number of benzene rings is 1. The molecular formula is C18H27FIN5S. The van der Waals surface area contributed by atoms with Crippen LogP contribution in [0.4, 0.5) is 10.1 Å². The van der Waals surface area contributed by atoms with E-state index < -0.39 is 0 Å². The van der Waals surface area contributed by atoms with E-state index in [1.54, 1.807) is 22.3 Å². The van der Waals surface area contributed by atoms with Gasteiger partial charge in [0.2, 0.25) is 0 Å². The molecule has 1 aromatic heterocycles. The van der Waals surface area contributed by atoms with Crippen molar-refractivity contribution >= 4 is 47.0 Å². The third-order valence-corrected chi connectivity index (χ3v) is 4.76. The van der Waals surface area contributed by atoms with Crippen molar-refractivity contribution < 1.29 is 4.39 Å². The highest BCUT2D eigenvalue weighted by Crippen LogP contribution is 2.18. The molecular weight excluding hydrogens is 464 g/mol. The van der Waals surface area contributed by atoms with Crippen LogP contribution in [0.25, 0.3) is 0 Å². The Kier molecular flexibility index (Phi) is 9.85. The predicted molar refractivity (Wildman–Crippen MR) is 119 cm³/mol. The van der Waals surface area contributed by atoms with E-state index in [1.165, 1.54) is 10.9 Å². The van der Waals surface area contributed by atoms with Crippen LogP contribution in [0, 0.1) is 5.82 Å². The van der Waals surface area contributed by atoms with Gasteiger partial charge in [-0.05, 0) is 31.0 Å². The normalized spacial score (nSPS) is 11.0. The van der Waals surface area contributed by atoms with E-state index in [1.807, 2.05) is 33.3 Å². The Hall–Kier alpha value is -1.42. The maximum absolute atomic E-state index is 14.1. The summed E-state index contributed by atoms with van der Waals surface area (Å²) in [5, 5.41) is 7.51. The van der Waals surface area contributed by atoms with Crippen LogP contribution in [0.1, 0.15) is 29.3 Å². The lowest BCUT2D eigenvalue weighted by Gasteiger charge is -2.14. The number of halogens is 2. The molecule has 0 spiro atoms. The Morgan fingerprint density at radius 3 is 2.62 bits per heavy atom. The number of thiazole rings is 1. The van der Waals surface area contributed by atoms with Crippen LogP contribution in [-0.4, -0.2) is 31.6 Å². The number of aliphatic imine (C=N–C) groups is 1. The molecule has 0 bridgehead atoms. The summed E-state index contributed by atoms with van der Waals surface area (Å²) in [4.78, 5) is 12.0. The number of guanidine groups is 1. The van der Waals surface area contributed by atoms with Crippen LogP contribution in [0.2, 0.25) is 0 Å². The molecule has 2 N–H and O–H groups in total. The summed E-state index contributed by atoms with van der Waals surface area (Å²) >= 11 is 1.70. The van der Waals surface area contributed by atoms with Crippen LogP contribution in [0.15, 0.2) is 29.4 Å². The topological polar surface area (TPSA) is 52.6 Å². The van der Waals surface area contributed by atoms with E-state index in [4.69, 9.17) is 0 Å². The first kappa shape index (κ1) is 22.6. The van der Waals surface area contributed by atoms with E-state index in [2.05, 4.69) is 27.5 Å². The average molecular weight is 491 g/mol. The van der Waals surface area contributed by atoms with Gasteiger partial charge in [0.15, 0.2) is 5.96 Å². The number of aryl methyl sites for hydroxylation is 1. The van der Waals surface area contributed by atoms with Gasteiger partial charge in [-0.15, -0.1) is 35.3 Å². The molecule has 0 amide bonds. The lowest BCUT2D eigenvalue weighted by atomic mass is 10.2. The lowest BCUT2D eigenvalue weighted by molar-refractivity contribution is 0.624. The molecule has 0 saturated carbocycles. The zero-order valence-electron chi connectivity index (χ0n) is 15.7. The molecule has 1 heterocycles. The third-order valence-electron chi connectivity index (χ3n) is 3.61. The van der Waals surface area contributed by atoms with Gasteiger partial charge in [-0.1, -0.05) is 13.0 Å². The molecule has 5 nitrogen and oxygen atoms in total. The molecule has 0 unspecified atom stereocenters. The number of rotatable bonds is 7. The molecule has 2 rings (SSSR count). The van der Waals surface area contributed by atoms with E-state index in [0.717, 1.165) is 23.5 Å². The molecule has 144 valence electrons. The summed E-state index contributed by atoms with van der Waals surface area (Å²) in [6, 6.07) is 5.22. The minimum atomic E-state index is -0.231. The molecule has 0 fully saturated rings. The highest BCUT2D eigenvalue weighted by molar-refractivity contribution is 14.0. The molecule has 2 aromatic rings. The summed E-state index contributed by atoms with van der Waals surface area (Å²) in [5.74, 6) is 0.471. The summed E-state index contributed by atoms with van der Waals surface area (Å²) in [5.41, 5.74) is 1.41. The fourth-order valence-corrected chi connectivity index (χ4v) is 3.08. The van der Waals surface area contributed by atoms with Crippen LogP contribution < -0.4 is 15.5 Å². The average Bonchev–Trinajstić information content (AvgIpc) is 3.05. The first-order valence-corrected chi connectivity index (χ1v) is 9.26. The van der Waals surface area contributed by atoms with Crippen molar-refractivity contribution in [2.24, 2.45) is 4.99 Å². The largest absolute Gasteiger partial charge is 0.375 e. The predicted octanol–water partition coefficient (Wildman–Crippen LogP) is 3.78. The summed E-state index contributed by atoms with van der Waals surface area (Å²) < 4.78 is 14.1. The molecule has 0 aliphatic heterocycles. The number of nitrogens with one attached hydrogen (secondary N) is 2. The first-order valence-electron chi connectivity index (χ1n) is 8.45. The monoisotopic (exact) mass is 491 g/mol. The summed E-state index contributed by atoms with van der Waals surface area (Å²) in [6.45, 7) is 5.94. The van der Waals surface area contributed by atoms with Crippen molar-refractivity contribution in [2.75, 3.05) is 25.5 Å². The van der Waals surface area contributed by atoms with Crippen LogP contribution >= 0.6 is 35.3 Å². The number of hydrogen-bond acceptors (Lipinski definition) is 4. The number of nitrogens with zero attached hydrogens (tertiary/aromatic N) is 3. The molecule has 26 heavy (non-hydrogen) atoms. The Bertz CT molecular complexity index is 717. The fourth-order valence-electron chi connectivity index (χ4n) is 2.28. The van der Waals surface area contributed by atoms with Crippen molar-refractivity contribution in [1.82, 2.24) is 15.6 Å². The van der Waals surface area contributed by atoms with Gasteiger partial charge in [0, 0.05) is 31.7 Å². The minimum Gasteiger partial charge on any atom is -0.375 e. The molecule has 0 atom stereocenters. The van der Waals surface area contributed by atoms with Gasteiger partial charge in [0.25, 0.3) is 0 Å². The SMILES string of the molecule is CCNC(=NCc1ccc(N(C)C)c(F)c1)NCc1ncc(CC)s1.I. The van der Waals surface area contributed by atoms with Gasteiger partial charge in [-0.25, -0.2) is 14.4 Å². The maximum atomic E-state index is 14.1. The molecule has 1 aromatic carbocycles. The quantitative estimate of drug-likeness (QED) is 0.352. The van der Waals surface area contributed by atoms with Crippen molar-refractivity contribution in [1.29, 1.82) is 0 Å². The lowest BCUT2D eigenvalue weighted by Crippen LogP contribution is -2.36. The van der Waals surface area contributed by atoms with Gasteiger partial charge in [-0.2, -0.15) is 0 Å². The number of hydrogen-bond donors (Lipinski definition) is 2. The molecule has 0 radical (unpaired) electrons. The summed E-state index contributed by atoms with van der Waals surface area (Å²) in [6.07, 6.45) is 2.92. The van der Waals surface area contributed by atoms with Crippen molar-refractivity contribution in [2.45, 2.75) is 33.4 Å². The standard InChI is InChI=1S/C18H26FN5S.HI/c1-5-14-11-21-17(25-14)12-23-18(20-6-2)22-10-13-7-8-16(24(3)4)15(19)9-13;/h7-9,11H,5-6,10,12H2,1-4H3,(H2,20,22,23);1H. The molecule has 8 heteroatoms. The number of aromatic nitrogens is 1. The van der Waals surface area contributed by atoms with E-state index in [9.17, 15) is 4.39 Å². The molecule has 0 aliphatic rings. The first-order chi connectivity index (χ1) is 12.0. The van der Waals surface area contributed by atoms with Crippen molar-refractivity contribution in [3.8, 4) is 0 Å². The highest BCUT2D eigenvalue weighted by atomic mass is 127. The van der Waals surface area contributed by atoms with Gasteiger partial charge in [0.05, 0.1) is 18.8 Å². The summed E-state index contributed by atoms with van der Waals surface area (Å²) in [7, 11) is 3.65. The van der Waals surface area contributed by atoms with E-state index in [-0.39, 0.29) is 29.8 Å². The van der Waals surface area contributed by atoms with E-state index >= 15 is 0 Å². The zero-order chi connectivity index (χ0) is 18.2. The Labute approximate surface area is 176 Å². The minimum absolute atomic E-state index is 0. The number of anilines is 1. The zero-order valence-corrected chi connectivity index (χ0v) is 18.8. The second-order valence-corrected chi connectivity index (χ2v) is 7.00. The van der Waals surface area contributed by atoms with Crippen LogP contribution in [-0.2, 0) is 19.5 Å². The second kappa shape index (κ2) is 11.3.